The van der Waals surface area contributed by atoms with E-state index in [-0.39, 0.29) is 10.7 Å². The summed E-state index contributed by atoms with van der Waals surface area (Å²) in [6.07, 6.45) is 1.57. The van der Waals surface area contributed by atoms with Gasteiger partial charge in [0, 0.05) is 23.8 Å². The van der Waals surface area contributed by atoms with E-state index in [4.69, 9.17) is 28.6 Å². The van der Waals surface area contributed by atoms with Crippen LogP contribution < -0.4 is 15.1 Å². The first kappa shape index (κ1) is 19.6. The third-order valence-electron chi connectivity index (χ3n) is 4.77. The summed E-state index contributed by atoms with van der Waals surface area (Å²) in [6, 6.07) is 14.4. The predicted molar refractivity (Wildman–Crippen MR) is 117 cm³/mol. The number of carbonyl (C=O) groups excluding carboxylic acids is 2. The normalized spacial score (nSPS) is 18.9. The summed E-state index contributed by atoms with van der Waals surface area (Å²) in [6.45, 7) is 3.10. The molecular weight excluding hydrogens is 410 g/mol. The van der Waals surface area contributed by atoms with Crippen LogP contribution in [0.5, 0.6) is 0 Å². The third kappa shape index (κ3) is 4.17. The van der Waals surface area contributed by atoms with Crippen LogP contribution in [0.15, 0.2) is 54.1 Å². The Bertz CT molecular complexity index is 983. The number of hydrogen-bond donors (Lipinski definition) is 1. The average Bonchev–Trinajstić information content (AvgIpc) is 2.73. The molecule has 2 heterocycles. The van der Waals surface area contributed by atoms with E-state index in [1.807, 2.05) is 24.3 Å². The van der Waals surface area contributed by atoms with Crippen molar-refractivity contribution in [2.24, 2.45) is 0 Å². The maximum Gasteiger partial charge on any atom is 0.270 e. The summed E-state index contributed by atoms with van der Waals surface area (Å²) in [5.74, 6) is -0.985. The molecule has 2 aliphatic heterocycles. The van der Waals surface area contributed by atoms with Crippen LogP contribution in [0.2, 0.25) is 5.02 Å². The molecule has 0 radical (unpaired) electrons. The fraction of sp³-hybridized carbons (Fsp3) is 0.190. The quantitative estimate of drug-likeness (QED) is 0.463. The number of thiocarbonyl (C=S) groups is 1. The number of rotatable bonds is 3. The summed E-state index contributed by atoms with van der Waals surface area (Å²) in [5.41, 5.74) is 2.40. The second-order valence-corrected chi connectivity index (χ2v) is 7.45. The number of ether oxygens (including phenoxy) is 1. The molecule has 2 saturated heterocycles. The van der Waals surface area contributed by atoms with Gasteiger partial charge in [0.1, 0.15) is 5.57 Å². The van der Waals surface area contributed by atoms with Crippen molar-refractivity contribution in [2.75, 3.05) is 36.1 Å². The van der Waals surface area contributed by atoms with Crippen LogP contribution in [0.3, 0.4) is 0 Å². The van der Waals surface area contributed by atoms with Gasteiger partial charge in [-0.15, -0.1) is 0 Å². The van der Waals surface area contributed by atoms with Crippen molar-refractivity contribution in [2.45, 2.75) is 0 Å². The second-order valence-electron chi connectivity index (χ2n) is 6.63. The minimum Gasteiger partial charge on any atom is -0.378 e. The van der Waals surface area contributed by atoms with Gasteiger partial charge in [0.05, 0.1) is 18.9 Å². The number of benzene rings is 2. The number of halogens is 1. The number of amides is 2. The SMILES string of the molecule is O=C1NC(=S)N(c2ccc(Cl)cc2)C(=O)/C1=C\c1ccc(N2CCOCC2)cc1. The lowest BCUT2D eigenvalue weighted by Gasteiger charge is -2.29. The van der Waals surface area contributed by atoms with Crippen molar-refractivity contribution in [3.63, 3.8) is 0 Å². The second kappa shape index (κ2) is 8.32. The number of anilines is 2. The van der Waals surface area contributed by atoms with Gasteiger partial charge in [0.25, 0.3) is 11.8 Å². The third-order valence-corrected chi connectivity index (χ3v) is 5.30. The Balaban J connectivity index is 1.59. The minimum absolute atomic E-state index is 0.0210. The lowest BCUT2D eigenvalue weighted by atomic mass is 10.1. The van der Waals surface area contributed by atoms with Crippen LogP contribution in [-0.4, -0.2) is 43.2 Å². The van der Waals surface area contributed by atoms with Crippen molar-refractivity contribution >= 4 is 58.2 Å². The van der Waals surface area contributed by atoms with E-state index in [9.17, 15) is 9.59 Å². The molecule has 0 saturated carbocycles. The van der Waals surface area contributed by atoms with Gasteiger partial charge in [-0.1, -0.05) is 23.7 Å². The van der Waals surface area contributed by atoms with Crippen molar-refractivity contribution < 1.29 is 14.3 Å². The summed E-state index contributed by atoms with van der Waals surface area (Å²) in [7, 11) is 0. The van der Waals surface area contributed by atoms with E-state index in [1.54, 1.807) is 30.3 Å². The van der Waals surface area contributed by atoms with Gasteiger partial charge in [-0.25, -0.2) is 0 Å². The molecule has 0 atom stereocenters. The maximum absolute atomic E-state index is 13.0. The Morgan fingerprint density at radius 1 is 0.966 bits per heavy atom. The first-order valence-corrected chi connectivity index (χ1v) is 9.91. The van der Waals surface area contributed by atoms with E-state index in [0.717, 1.165) is 24.3 Å². The lowest BCUT2D eigenvalue weighted by Crippen LogP contribution is -2.54. The summed E-state index contributed by atoms with van der Waals surface area (Å²) in [5, 5.41) is 3.17. The predicted octanol–water partition coefficient (Wildman–Crippen LogP) is 3.01. The molecule has 0 spiro atoms. The van der Waals surface area contributed by atoms with Crippen LogP contribution in [0.25, 0.3) is 6.08 Å². The first-order valence-electron chi connectivity index (χ1n) is 9.13. The molecule has 0 unspecified atom stereocenters. The van der Waals surface area contributed by atoms with E-state index in [1.165, 1.54) is 4.90 Å². The van der Waals surface area contributed by atoms with Crippen LogP contribution in [0, 0.1) is 0 Å². The average molecular weight is 428 g/mol. The van der Waals surface area contributed by atoms with Crippen molar-refractivity contribution in [3.8, 4) is 0 Å². The highest BCUT2D eigenvalue weighted by Gasteiger charge is 2.34. The van der Waals surface area contributed by atoms with Crippen LogP contribution in [0.1, 0.15) is 5.56 Å². The molecule has 0 aromatic heterocycles. The van der Waals surface area contributed by atoms with Gasteiger partial charge in [0.15, 0.2) is 5.11 Å². The standard InChI is InChI=1S/C21H18ClN3O3S/c22-15-3-7-17(8-4-15)25-20(27)18(19(26)23-21(25)29)13-14-1-5-16(6-2-14)24-9-11-28-12-10-24/h1-8,13H,9-12H2,(H,23,26,29)/b18-13-. The van der Waals surface area contributed by atoms with E-state index < -0.39 is 11.8 Å². The van der Waals surface area contributed by atoms with Gasteiger partial charge in [-0.2, -0.15) is 0 Å². The summed E-state index contributed by atoms with van der Waals surface area (Å²) in [4.78, 5) is 28.9. The molecule has 2 aromatic rings. The van der Waals surface area contributed by atoms with Gasteiger partial charge in [-0.3, -0.25) is 19.8 Å². The van der Waals surface area contributed by atoms with Gasteiger partial charge >= 0.3 is 0 Å². The molecule has 8 heteroatoms. The Morgan fingerprint density at radius 2 is 1.59 bits per heavy atom. The van der Waals surface area contributed by atoms with Gasteiger partial charge < -0.3 is 9.64 Å². The molecule has 0 bridgehead atoms. The zero-order valence-electron chi connectivity index (χ0n) is 15.4. The largest absolute Gasteiger partial charge is 0.378 e. The molecule has 1 N–H and O–H groups in total. The number of nitrogens with zero attached hydrogens (tertiary/aromatic N) is 2. The first-order chi connectivity index (χ1) is 14.0. The maximum atomic E-state index is 13.0. The molecule has 4 rings (SSSR count). The topological polar surface area (TPSA) is 61.9 Å². The van der Waals surface area contributed by atoms with Crippen molar-refractivity contribution in [1.82, 2.24) is 5.32 Å². The van der Waals surface area contributed by atoms with Crippen LogP contribution >= 0.6 is 23.8 Å². The smallest absolute Gasteiger partial charge is 0.270 e. The number of nitrogens with one attached hydrogen (secondary N) is 1. The molecule has 148 valence electrons. The highest BCUT2D eigenvalue weighted by molar-refractivity contribution is 7.80. The molecule has 29 heavy (non-hydrogen) atoms. The van der Waals surface area contributed by atoms with E-state index >= 15 is 0 Å². The Morgan fingerprint density at radius 3 is 2.24 bits per heavy atom. The lowest BCUT2D eigenvalue weighted by molar-refractivity contribution is -0.122. The molecule has 2 aliphatic rings. The van der Waals surface area contributed by atoms with Crippen LogP contribution in [0.4, 0.5) is 11.4 Å². The Labute approximate surface area is 178 Å². The number of morpholine rings is 1. The zero-order valence-corrected chi connectivity index (χ0v) is 17.0. The Hall–Kier alpha value is -2.74. The zero-order chi connectivity index (χ0) is 20.4. The van der Waals surface area contributed by atoms with Gasteiger partial charge in [0.2, 0.25) is 0 Å². The van der Waals surface area contributed by atoms with Crippen molar-refractivity contribution in [3.05, 3.63) is 64.7 Å². The van der Waals surface area contributed by atoms with E-state index in [2.05, 4.69) is 10.2 Å². The van der Waals surface area contributed by atoms with E-state index in [0.29, 0.717) is 23.9 Å². The molecular formula is C21H18ClN3O3S. The fourth-order valence-corrected chi connectivity index (χ4v) is 3.66. The summed E-state index contributed by atoms with van der Waals surface area (Å²) < 4.78 is 5.38. The molecule has 6 nitrogen and oxygen atoms in total. The molecule has 2 amide bonds. The van der Waals surface area contributed by atoms with Crippen LogP contribution in [-0.2, 0) is 14.3 Å². The number of hydrogen-bond acceptors (Lipinski definition) is 5. The monoisotopic (exact) mass is 427 g/mol. The highest BCUT2D eigenvalue weighted by atomic mass is 35.5. The van der Waals surface area contributed by atoms with Gasteiger partial charge in [-0.05, 0) is 60.3 Å². The highest BCUT2D eigenvalue weighted by Crippen LogP contribution is 2.24. The summed E-state index contributed by atoms with van der Waals surface area (Å²) >= 11 is 11.1. The Kier molecular flexibility index (Phi) is 5.62. The molecule has 2 aromatic carbocycles. The minimum atomic E-state index is -0.512. The van der Waals surface area contributed by atoms with Crippen molar-refractivity contribution in [1.29, 1.82) is 0 Å². The fourth-order valence-electron chi connectivity index (χ4n) is 3.25. The number of carbonyl (C=O) groups is 2. The molecule has 0 aliphatic carbocycles. The molecule has 2 fully saturated rings.